The molecule has 4 nitrogen and oxygen atoms in total. The second-order valence-electron chi connectivity index (χ2n) is 6.03. The van der Waals surface area contributed by atoms with Crippen LogP contribution in [0.4, 0.5) is 0 Å². The van der Waals surface area contributed by atoms with E-state index in [1.54, 1.807) is 0 Å². The zero-order valence-electron chi connectivity index (χ0n) is 12.4. The number of amides is 1. The standard InChI is InChI=1S/C15H28N2O2/c1-3-9-17(11-13-4-7-16-8-5-13)15(18)14-12(2)6-10-19-14/h12-14,16H,3-11H2,1-2H3. The van der Waals surface area contributed by atoms with Gasteiger partial charge in [-0.3, -0.25) is 4.79 Å². The van der Waals surface area contributed by atoms with E-state index in [4.69, 9.17) is 4.74 Å². The number of ether oxygens (including phenoxy) is 1. The van der Waals surface area contributed by atoms with Gasteiger partial charge >= 0.3 is 0 Å². The molecule has 1 N–H and O–H groups in total. The molecule has 1 amide bonds. The minimum absolute atomic E-state index is 0.187. The van der Waals surface area contributed by atoms with Gasteiger partial charge in [-0.2, -0.15) is 0 Å². The molecule has 2 fully saturated rings. The molecule has 0 spiro atoms. The van der Waals surface area contributed by atoms with Gasteiger partial charge in [-0.05, 0) is 50.6 Å². The first kappa shape index (κ1) is 14.8. The average molecular weight is 268 g/mol. The van der Waals surface area contributed by atoms with Crippen molar-refractivity contribution >= 4 is 5.91 Å². The SMILES string of the molecule is CCCN(CC1CCNCC1)C(=O)C1OCCC1C. The Morgan fingerprint density at radius 3 is 2.63 bits per heavy atom. The van der Waals surface area contributed by atoms with Crippen LogP contribution in [0.1, 0.15) is 39.5 Å². The molecule has 0 aliphatic carbocycles. The summed E-state index contributed by atoms with van der Waals surface area (Å²) in [5, 5.41) is 3.38. The van der Waals surface area contributed by atoms with E-state index < -0.39 is 0 Å². The lowest BCUT2D eigenvalue weighted by molar-refractivity contribution is -0.143. The van der Waals surface area contributed by atoms with Crippen molar-refractivity contribution in [2.75, 3.05) is 32.8 Å². The van der Waals surface area contributed by atoms with Crippen LogP contribution in [0.2, 0.25) is 0 Å². The van der Waals surface area contributed by atoms with Gasteiger partial charge in [0.2, 0.25) is 0 Å². The lowest BCUT2D eigenvalue weighted by Crippen LogP contribution is -2.45. The normalized spacial score (nSPS) is 28.5. The summed E-state index contributed by atoms with van der Waals surface area (Å²) in [6.45, 7) is 8.98. The van der Waals surface area contributed by atoms with Crippen molar-refractivity contribution in [1.82, 2.24) is 10.2 Å². The van der Waals surface area contributed by atoms with Crippen molar-refractivity contribution in [3.63, 3.8) is 0 Å². The first-order valence-electron chi connectivity index (χ1n) is 7.83. The first-order chi connectivity index (χ1) is 9.22. The Morgan fingerprint density at radius 2 is 2.05 bits per heavy atom. The number of hydrogen-bond acceptors (Lipinski definition) is 3. The lowest BCUT2D eigenvalue weighted by Gasteiger charge is -2.32. The number of piperidine rings is 1. The zero-order valence-corrected chi connectivity index (χ0v) is 12.4. The van der Waals surface area contributed by atoms with Gasteiger partial charge in [0.1, 0.15) is 6.10 Å². The number of hydrogen-bond donors (Lipinski definition) is 1. The van der Waals surface area contributed by atoms with Gasteiger partial charge in [-0.1, -0.05) is 13.8 Å². The minimum Gasteiger partial charge on any atom is -0.368 e. The molecule has 19 heavy (non-hydrogen) atoms. The van der Waals surface area contributed by atoms with E-state index in [1.807, 2.05) is 0 Å². The summed E-state index contributed by atoms with van der Waals surface area (Å²) < 4.78 is 5.64. The fraction of sp³-hybridized carbons (Fsp3) is 0.933. The summed E-state index contributed by atoms with van der Waals surface area (Å²) in [4.78, 5) is 14.7. The fourth-order valence-corrected chi connectivity index (χ4v) is 3.13. The van der Waals surface area contributed by atoms with E-state index in [2.05, 4.69) is 24.1 Å². The van der Waals surface area contributed by atoms with Gasteiger partial charge in [0.25, 0.3) is 5.91 Å². The Morgan fingerprint density at radius 1 is 1.32 bits per heavy atom. The molecule has 2 unspecified atom stereocenters. The fourth-order valence-electron chi connectivity index (χ4n) is 3.13. The molecular formula is C15H28N2O2. The van der Waals surface area contributed by atoms with Crippen LogP contribution in [-0.4, -0.2) is 49.7 Å². The topological polar surface area (TPSA) is 41.6 Å². The van der Waals surface area contributed by atoms with Crippen LogP contribution in [0.3, 0.4) is 0 Å². The Labute approximate surface area is 116 Å². The maximum absolute atomic E-state index is 12.6. The maximum atomic E-state index is 12.6. The van der Waals surface area contributed by atoms with E-state index >= 15 is 0 Å². The van der Waals surface area contributed by atoms with Gasteiger partial charge < -0.3 is 15.0 Å². The van der Waals surface area contributed by atoms with Gasteiger partial charge in [0, 0.05) is 19.7 Å². The van der Waals surface area contributed by atoms with E-state index in [0.29, 0.717) is 11.8 Å². The van der Waals surface area contributed by atoms with E-state index in [-0.39, 0.29) is 12.0 Å². The van der Waals surface area contributed by atoms with Crippen LogP contribution in [0.15, 0.2) is 0 Å². The second-order valence-corrected chi connectivity index (χ2v) is 6.03. The predicted octanol–water partition coefficient (Wildman–Crippen LogP) is 1.65. The highest BCUT2D eigenvalue weighted by Crippen LogP contribution is 2.23. The van der Waals surface area contributed by atoms with E-state index in [9.17, 15) is 4.79 Å². The highest BCUT2D eigenvalue weighted by atomic mass is 16.5. The summed E-state index contributed by atoms with van der Waals surface area (Å²) in [7, 11) is 0. The molecule has 0 saturated carbocycles. The van der Waals surface area contributed by atoms with Crippen molar-refractivity contribution in [2.24, 2.45) is 11.8 Å². The first-order valence-corrected chi connectivity index (χ1v) is 7.83. The van der Waals surface area contributed by atoms with Gasteiger partial charge in [-0.15, -0.1) is 0 Å². The van der Waals surface area contributed by atoms with E-state index in [1.165, 1.54) is 12.8 Å². The Bertz CT molecular complexity index is 290. The molecular weight excluding hydrogens is 240 g/mol. The number of carbonyl (C=O) groups excluding carboxylic acids is 1. The molecule has 2 aliphatic heterocycles. The van der Waals surface area contributed by atoms with Crippen LogP contribution in [-0.2, 0) is 9.53 Å². The lowest BCUT2D eigenvalue weighted by atomic mass is 9.96. The molecule has 110 valence electrons. The third-order valence-electron chi connectivity index (χ3n) is 4.37. The maximum Gasteiger partial charge on any atom is 0.251 e. The molecule has 0 aromatic rings. The summed E-state index contributed by atoms with van der Waals surface area (Å²) >= 11 is 0. The molecule has 2 saturated heterocycles. The van der Waals surface area contributed by atoms with E-state index in [0.717, 1.165) is 45.6 Å². The molecule has 2 heterocycles. The Hall–Kier alpha value is -0.610. The summed E-state index contributed by atoms with van der Waals surface area (Å²) in [5.41, 5.74) is 0. The third kappa shape index (κ3) is 3.93. The van der Waals surface area contributed by atoms with Gasteiger partial charge in [0.15, 0.2) is 0 Å². The van der Waals surface area contributed by atoms with Crippen molar-refractivity contribution in [1.29, 1.82) is 0 Å². The van der Waals surface area contributed by atoms with Crippen LogP contribution in [0.25, 0.3) is 0 Å². The number of nitrogens with one attached hydrogen (secondary N) is 1. The van der Waals surface area contributed by atoms with Crippen LogP contribution in [0, 0.1) is 11.8 Å². The molecule has 2 atom stereocenters. The zero-order chi connectivity index (χ0) is 13.7. The second kappa shape index (κ2) is 7.25. The van der Waals surface area contributed by atoms with Crippen molar-refractivity contribution in [3.8, 4) is 0 Å². The third-order valence-corrected chi connectivity index (χ3v) is 4.37. The largest absolute Gasteiger partial charge is 0.368 e. The molecule has 0 aromatic carbocycles. The summed E-state index contributed by atoms with van der Waals surface area (Å²) in [5.74, 6) is 1.26. The van der Waals surface area contributed by atoms with Crippen LogP contribution in [0.5, 0.6) is 0 Å². The molecule has 0 aromatic heterocycles. The minimum atomic E-state index is -0.187. The quantitative estimate of drug-likeness (QED) is 0.824. The molecule has 2 rings (SSSR count). The molecule has 0 bridgehead atoms. The smallest absolute Gasteiger partial charge is 0.251 e. The van der Waals surface area contributed by atoms with Crippen molar-refractivity contribution in [2.45, 2.75) is 45.6 Å². The highest BCUT2D eigenvalue weighted by molar-refractivity contribution is 5.81. The molecule has 2 aliphatic rings. The van der Waals surface area contributed by atoms with Crippen LogP contribution >= 0.6 is 0 Å². The Kier molecular flexibility index (Phi) is 5.64. The van der Waals surface area contributed by atoms with Crippen molar-refractivity contribution < 1.29 is 9.53 Å². The monoisotopic (exact) mass is 268 g/mol. The highest BCUT2D eigenvalue weighted by Gasteiger charge is 2.34. The Balaban J connectivity index is 1.91. The molecule has 4 heteroatoms. The van der Waals surface area contributed by atoms with Crippen LogP contribution < -0.4 is 5.32 Å². The average Bonchev–Trinajstić information content (AvgIpc) is 2.85. The summed E-state index contributed by atoms with van der Waals surface area (Å²) in [6, 6.07) is 0. The predicted molar refractivity (Wildman–Crippen MR) is 76.0 cm³/mol. The number of nitrogens with zero attached hydrogens (tertiary/aromatic N) is 1. The molecule has 0 radical (unpaired) electrons. The van der Waals surface area contributed by atoms with Gasteiger partial charge in [0.05, 0.1) is 0 Å². The number of rotatable bonds is 5. The number of carbonyl (C=O) groups is 1. The van der Waals surface area contributed by atoms with Crippen molar-refractivity contribution in [3.05, 3.63) is 0 Å². The van der Waals surface area contributed by atoms with Gasteiger partial charge in [-0.25, -0.2) is 0 Å². The summed E-state index contributed by atoms with van der Waals surface area (Å²) in [6.07, 6.45) is 4.23.